The minimum Gasteiger partial charge on any atom is -0.478 e. The lowest BCUT2D eigenvalue weighted by molar-refractivity contribution is 0.0698. The summed E-state index contributed by atoms with van der Waals surface area (Å²) < 4.78 is 0.899. The number of anilines is 1. The molecule has 0 aliphatic heterocycles. The number of nitrogens with zero attached hydrogens (tertiary/aromatic N) is 2. The van der Waals surface area contributed by atoms with Crippen molar-refractivity contribution in [2.24, 2.45) is 0 Å². The van der Waals surface area contributed by atoms with Gasteiger partial charge in [-0.3, -0.25) is 0 Å². The molecule has 0 bridgehead atoms. The van der Waals surface area contributed by atoms with E-state index in [0.29, 0.717) is 10.5 Å². The van der Waals surface area contributed by atoms with E-state index in [4.69, 9.17) is 45.6 Å². The Labute approximate surface area is 160 Å². The van der Waals surface area contributed by atoms with Crippen molar-refractivity contribution in [2.45, 2.75) is 0 Å². The van der Waals surface area contributed by atoms with Crippen molar-refractivity contribution in [1.29, 1.82) is 0 Å². The molecule has 3 N–H and O–H groups in total. The Morgan fingerprint density at radius 1 is 1.17 bits per heavy atom. The van der Waals surface area contributed by atoms with Crippen LogP contribution in [0.15, 0.2) is 41.0 Å². The summed E-state index contributed by atoms with van der Waals surface area (Å²) in [6.07, 6.45) is 1.64. The van der Waals surface area contributed by atoms with Gasteiger partial charge >= 0.3 is 5.97 Å². The molecule has 2 aromatic carbocycles. The highest BCUT2D eigenvalue weighted by Gasteiger charge is 2.08. The topological polar surface area (TPSA) is 89.1 Å². The van der Waals surface area contributed by atoms with E-state index in [9.17, 15) is 4.79 Å². The Morgan fingerprint density at radius 3 is 2.50 bits per heavy atom. The van der Waals surface area contributed by atoms with Crippen LogP contribution in [-0.2, 0) is 0 Å². The second kappa shape index (κ2) is 7.98. The van der Waals surface area contributed by atoms with Crippen LogP contribution >= 0.6 is 50.7 Å². The van der Waals surface area contributed by atoms with E-state index in [1.165, 1.54) is 6.07 Å². The van der Waals surface area contributed by atoms with Gasteiger partial charge in [0, 0.05) is 16.1 Å². The quantitative estimate of drug-likeness (QED) is 0.388. The Balaban J connectivity index is 0.000000177. The van der Waals surface area contributed by atoms with Gasteiger partial charge < -0.3 is 10.8 Å². The molecule has 0 atom stereocenters. The molecule has 0 fully saturated rings. The van der Waals surface area contributed by atoms with E-state index in [-0.39, 0.29) is 21.6 Å². The molecule has 124 valence electrons. The lowest BCUT2D eigenvalue weighted by Crippen LogP contribution is -2.01. The first-order valence-corrected chi connectivity index (χ1v) is 8.27. The number of nitrogen functional groups attached to an aromatic ring is 1. The van der Waals surface area contributed by atoms with Crippen LogP contribution < -0.4 is 5.73 Å². The first-order valence-electron chi connectivity index (χ1n) is 6.34. The van der Waals surface area contributed by atoms with E-state index < -0.39 is 5.97 Å². The highest BCUT2D eigenvalue weighted by molar-refractivity contribution is 9.10. The fourth-order valence-electron chi connectivity index (χ4n) is 1.77. The highest BCUT2D eigenvalue weighted by atomic mass is 79.9. The molecule has 24 heavy (non-hydrogen) atoms. The minimum atomic E-state index is -1.06. The zero-order valence-corrected chi connectivity index (χ0v) is 15.7. The number of para-hydroxylation sites is 1. The predicted molar refractivity (Wildman–Crippen MR) is 100 cm³/mol. The van der Waals surface area contributed by atoms with Crippen molar-refractivity contribution < 1.29 is 9.90 Å². The van der Waals surface area contributed by atoms with Crippen LogP contribution in [0.3, 0.4) is 0 Å². The normalized spacial score (nSPS) is 10.2. The third-order valence-electron chi connectivity index (χ3n) is 2.86. The van der Waals surface area contributed by atoms with Crippen LogP contribution in [0.5, 0.6) is 0 Å². The molecule has 3 rings (SSSR count). The Bertz CT molecular complexity index is 922. The summed E-state index contributed by atoms with van der Waals surface area (Å²) >= 11 is 20.5. The molecule has 9 heteroatoms. The van der Waals surface area contributed by atoms with Gasteiger partial charge in [0.05, 0.1) is 26.8 Å². The molecular formula is C15H9BrCl3N3O2. The van der Waals surface area contributed by atoms with E-state index >= 15 is 0 Å². The van der Waals surface area contributed by atoms with Crippen molar-refractivity contribution >= 4 is 73.3 Å². The first kappa shape index (κ1) is 18.7. The Kier molecular flexibility index (Phi) is 6.23. The van der Waals surface area contributed by atoms with Crippen molar-refractivity contribution in [1.82, 2.24) is 9.97 Å². The average molecular weight is 450 g/mol. The fourth-order valence-corrected chi connectivity index (χ4v) is 2.95. The maximum Gasteiger partial charge on any atom is 0.337 e. The largest absolute Gasteiger partial charge is 0.478 e. The molecule has 0 amide bonds. The van der Waals surface area contributed by atoms with Gasteiger partial charge in [-0.25, -0.2) is 14.8 Å². The lowest BCUT2D eigenvalue weighted by Gasteiger charge is -2.00. The molecule has 5 nitrogen and oxygen atoms in total. The van der Waals surface area contributed by atoms with Gasteiger partial charge in [0.1, 0.15) is 0 Å². The molecule has 0 aliphatic carbocycles. The van der Waals surface area contributed by atoms with Gasteiger partial charge in [0.15, 0.2) is 0 Å². The second-order valence-electron chi connectivity index (χ2n) is 4.47. The minimum absolute atomic E-state index is 0.0394. The van der Waals surface area contributed by atoms with E-state index in [2.05, 4.69) is 25.9 Å². The molecular weight excluding hydrogens is 440 g/mol. The van der Waals surface area contributed by atoms with Crippen LogP contribution in [0, 0.1) is 0 Å². The molecule has 3 aromatic rings. The first-order chi connectivity index (χ1) is 11.3. The monoisotopic (exact) mass is 447 g/mol. The van der Waals surface area contributed by atoms with Gasteiger partial charge in [-0.2, -0.15) is 0 Å². The summed E-state index contributed by atoms with van der Waals surface area (Å²) in [6.45, 7) is 0. The SMILES string of the molecule is Clc1ncc2cc(Br)cc(Cl)c2n1.Nc1c(Cl)cccc1C(=O)O. The summed E-state index contributed by atoms with van der Waals surface area (Å²) in [5.41, 5.74) is 6.19. The summed E-state index contributed by atoms with van der Waals surface area (Å²) in [4.78, 5) is 18.3. The van der Waals surface area contributed by atoms with Crippen LogP contribution in [0.4, 0.5) is 5.69 Å². The summed E-state index contributed by atoms with van der Waals surface area (Å²) in [5, 5.41) is 10.5. The molecule has 0 saturated carbocycles. The predicted octanol–water partition coefficient (Wildman–Crippen LogP) is 5.32. The number of aromatic nitrogens is 2. The zero-order valence-electron chi connectivity index (χ0n) is 11.8. The highest BCUT2D eigenvalue weighted by Crippen LogP contribution is 2.26. The summed E-state index contributed by atoms with van der Waals surface area (Å²) in [7, 11) is 0. The molecule has 0 saturated heterocycles. The van der Waals surface area contributed by atoms with Crippen LogP contribution in [0.25, 0.3) is 10.9 Å². The molecule has 0 spiro atoms. The molecule has 0 aliphatic rings. The maximum absolute atomic E-state index is 10.4. The number of benzene rings is 2. The maximum atomic E-state index is 10.4. The van der Waals surface area contributed by atoms with Gasteiger partial charge in [0.2, 0.25) is 5.28 Å². The number of carboxylic acids is 1. The van der Waals surface area contributed by atoms with Crippen molar-refractivity contribution in [3.05, 3.63) is 61.9 Å². The van der Waals surface area contributed by atoms with E-state index in [0.717, 1.165) is 9.86 Å². The third-order valence-corrected chi connectivity index (χ3v) is 4.11. The number of hydrogen-bond acceptors (Lipinski definition) is 4. The number of carboxylic acid groups (broad SMARTS) is 1. The van der Waals surface area contributed by atoms with Gasteiger partial charge in [-0.05, 0) is 35.9 Å². The zero-order chi connectivity index (χ0) is 17.9. The standard InChI is InChI=1S/C8H3BrCl2N2.C7H6ClNO2/c9-5-1-4-3-12-8(11)13-7(4)6(10)2-5;8-5-3-1-2-4(6(5)9)7(10)11/h1-3H;1-3H,9H2,(H,10,11). The average Bonchev–Trinajstić information content (AvgIpc) is 2.51. The summed E-state index contributed by atoms with van der Waals surface area (Å²) in [5.74, 6) is -1.06. The summed E-state index contributed by atoms with van der Waals surface area (Å²) in [6, 6.07) is 8.15. The van der Waals surface area contributed by atoms with Crippen LogP contribution in [0.2, 0.25) is 15.3 Å². The van der Waals surface area contributed by atoms with Crippen LogP contribution in [-0.4, -0.2) is 21.0 Å². The third kappa shape index (κ3) is 4.48. The number of hydrogen-bond donors (Lipinski definition) is 2. The number of nitrogens with two attached hydrogens (primary N) is 1. The van der Waals surface area contributed by atoms with Crippen molar-refractivity contribution in [3.8, 4) is 0 Å². The van der Waals surface area contributed by atoms with Crippen molar-refractivity contribution in [2.75, 3.05) is 5.73 Å². The number of aromatic carboxylic acids is 1. The molecule has 0 unspecified atom stereocenters. The number of carbonyl (C=O) groups is 1. The van der Waals surface area contributed by atoms with Crippen LogP contribution in [0.1, 0.15) is 10.4 Å². The smallest absolute Gasteiger partial charge is 0.337 e. The van der Waals surface area contributed by atoms with Crippen molar-refractivity contribution in [3.63, 3.8) is 0 Å². The number of fused-ring (bicyclic) bond motifs is 1. The van der Waals surface area contributed by atoms with Gasteiger partial charge in [-0.15, -0.1) is 0 Å². The number of halogens is 4. The van der Waals surface area contributed by atoms with E-state index in [1.807, 2.05) is 6.07 Å². The van der Waals surface area contributed by atoms with E-state index in [1.54, 1.807) is 24.4 Å². The van der Waals surface area contributed by atoms with Gasteiger partial charge in [0.25, 0.3) is 0 Å². The molecule has 1 aromatic heterocycles. The second-order valence-corrected chi connectivity index (χ2v) is 6.54. The fraction of sp³-hybridized carbons (Fsp3) is 0. The number of rotatable bonds is 1. The molecule has 0 radical (unpaired) electrons. The lowest BCUT2D eigenvalue weighted by atomic mass is 10.2. The Hall–Kier alpha value is -1.60. The molecule has 1 heterocycles. The van der Waals surface area contributed by atoms with Gasteiger partial charge in [-0.1, -0.05) is 45.2 Å². The Morgan fingerprint density at radius 2 is 1.88 bits per heavy atom.